The van der Waals surface area contributed by atoms with Gasteiger partial charge in [0.2, 0.25) is 0 Å². The van der Waals surface area contributed by atoms with Gasteiger partial charge in [0.05, 0.1) is 11.9 Å². The number of alkyl halides is 2. The highest BCUT2D eigenvalue weighted by Gasteiger charge is 2.13. The number of fused-ring (bicyclic) bond motifs is 1. The van der Waals surface area contributed by atoms with E-state index in [4.69, 9.17) is 5.73 Å². The zero-order valence-corrected chi connectivity index (χ0v) is 17.8. The molecule has 1 amide bonds. The third kappa shape index (κ3) is 4.90. The molecular formula is C23H23F2N7O. The first-order valence-electron chi connectivity index (χ1n) is 10.3. The summed E-state index contributed by atoms with van der Waals surface area (Å²) >= 11 is 0. The van der Waals surface area contributed by atoms with Crippen molar-refractivity contribution in [3.63, 3.8) is 0 Å². The van der Waals surface area contributed by atoms with Gasteiger partial charge < -0.3 is 21.7 Å². The van der Waals surface area contributed by atoms with Gasteiger partial charge in [0.1, 0.15) is 0 Å². The first-order chi connectivity index (χ1) is 16.0. The Bertz CT molecular complexity index is 1270. The van der Waals surface area contributed by atoms with Crippen LogP contribution in [0.15, 0.2) is 61.1 Å². The molecule has 0 fully saturated rings. The summed E-state index contributed by atoms with van der Waals surface area (Å²) in [6.07, 6.45) is 5.13. The number of carbonyl (C=O) groups excluding carboxylic acids is 1. The molecule has 10 heteroatoms. The Morgan fingerprint density at radius 1 is 1.12 bits per heavy atom. The highest BCUT2D eigenvalue weighted by Crippen LogP contribution is 2.27. The second-order valence-electron chi connectivity index (χ2n) is 7.33. The number of benzene rings is 2. The SMILES string of the molecule is Cc1cc(Nc2nccn3c(-c4ccc(NC(F)F)cc4)cnc23)ccc1C(=O)NCCN. The fourth-order valence-electron chi connectivity index (χ4n) is 3.50. The lowest BCUT2D eigenvalue weighted by Crippen LogP contribution is -2.29. The molecule has 0 saturated heterocycles. The Kier molecular flexibility index (Phi) is 6.45. The Hall–Kier alpha value is -4.05. The molecule has 5 N–H and O–H groups in total. The molecule has 2 heterocycles. The molecule has 2 aromatic heterocycles. The minimum atomic E-state index is -2.62. The number of imidazole rings is 1. The molecule has 0 radical (unpaired) electrons. The van der Waals surface area contributed by atoms with E-state index < -0.39 is 6.55 Å². The lowest BCUT2D eigenvalue weighted by atomic mass is 10.1. The molecule has 0 spiro atoms. The van der Waals surface area contributed by atoms with E-state index >= 15 is 0 Å². The number of hydrogen-bond donors (Lipinski definition) is 4. The largest absolute Gasteiger partial charge is 0.351 e. The average Bonchev–Trinajstić information content (AvgIpc) is 3.23. The van der Waals surface area contributed by atoms with Crippen LogP contribution in [-0.2, 0) is 0 Å². The number of hydrogen-bond acceptors (Lipinski definition) is 6. The van der Waals surface area contributed by atoms with Gasteiger partial charge in [-0.2, -0.15) is 8.78 Å². The van der Waals surface area contributed by atoms with Crippen molar-refractivity contribution in [2.24, 2.45) is 5.73 Å². The van der Waals surface area contributed by atoms with E-state index in [2.05, 4.69) is 25.9 Å². The van der Waals surface area contributed by atoms with Crippen molar-refractivity contribution in [3.8, 4) is 11.3 Å². The second-order valence-corrected chi connectivity index (χ2v) is 7.33. The smallest absolute Gasteiger partial charge is 0.312 e. The van der Waals surface area contributed by atoms with E-state index in [1.54, 1.807) is 55.0 Å². The Labute approximate surface area is 188 Å². The van der Waals surface area contributed by atoms with Gasteiger partial charge in [0, 0.05) is 48.0 Å². The van der Waals surface area contributed by atoms with Crippen molar-refractivity contribution in [3.05, 3.63) is 72.2 Å². The number of aryl methyl sites for hydroxylation is 1. The van der Waals surface area contributed by atoms with Crippen molar-refractivity contribution < 1.29 is 13.6 Å². The standard InChI is InChI=1S/C23H23F2N7O/c1-14-12-17(6-7-18(14)22(33)28-9-8-26)30-20-21-29-13-19(32(21)11-10-27-20)15-2-4-16(5-3-15)31-23(24)25/h2-7,10-13,23,31H,8-9,26H2,1H3,(H,27,30)(H,28,33). The lowest BCUT2D eigenvalue weighted by Gasteiger charge is -2.11. The Morgan fingerprint density at radius 2 is 1.88 bits per heavy atom. The molecule has 0 bridgehead atoms. The molecule has 33 heavy (non-hydrogen) atoms. The molecule has 170 valence electrons. The number of rotatable bonds is 8. The molecule has 0 aliphatic carbocycles. The van der Waals surface area contributed by atoms with Crippen molar-refractivity contribution in [1.29, 1.82) is 0 Å². The highest BCUT2D eigenvalue weighted by atomic mass is 19.3. The number of anilines is 3. The summed E-state index contributed by atoms with van der Waals surface area (Å²) in [7, 11) is 0. The van der Waals surface area contributed by atoms with Crippen LogP contribution in [0.1, 0.15) is 15.9 Å². The number of carbonyl (C=O) groups is 1. The van der Waals surface area contributed by atoms with Crippen LogP contribution in [0.4, 0.5) is 26.0 Å². The molecule has 0 aliphatic rings. The Morgan fingerprint density at radius 3 is 2.58 bits per heavy atom. The van der Waals surface area contributed by atoms with Crippen molar-refractivity contribution in [1.82, 2.24) is 19.7 Å². The van der Waals surface area contributed by atoms with Crippen LogP contribution >= 0.6 is 0 Å². The third-order valence-electron chi connectivity index (χ3n) is 5.05. The van der Waals surface area contributed by atoms with E-state index in [-0.39, 0.29) is 5.91 Å². The fourth-order valence-corrected chi connectivity index (χ4v) is 3.50. The third-order valence-corrected chi connectivity index (χ3v) is 5.05. The minimum Gasteiger partial charge on any atom is -0.351 e. The molecule has 2 aromatic carbocycles. The van der Waals surface area contributed by atoms with Gasteiger partial charge >= 0.3 is 6.55 Å². The summed E-state index contributed by atoms with van der Waals surface area (Å²) in [5, 5.41) is 8.09. The number of aromatic nitrogens is 3. The van der Waals surface area contributed by atoms with Gasteiger partial charge in [-0.25, -0.2) is 9.97 Å². The van der Waals surface area contributed by atoms with Gasteiger partial charge in [0.25, 0.3) is 5.91 Å². The van der Waals surface area contributed by atoms with Crippen molar-refractivity contribution in [2.75, 3.05) is 23.7 Å². The molecule has 0 aliphatic heterocycles. The summed E-state index contributed by atoms with van der Waals surface area (Å²) in [6, 6.07) is 12.1. The zero-order valence-electron chi connectivity index (χ0n) is 17.8. The van der Waals surface area contributed by atoms with E-state index in [1.165, 1.54) is 0 Å². The second kappa shape index (κ2) is 9.61. The fraction of sp³-hybridized carbons (Fsp3) is 0.174. The van der Waals surface area contributed by atoms with Gasteiger partial charge in [-0.05, 0) is 42.8 Å². The summed E-state index contributed by atoms with van der Waals surface area (Å²) in [4.78, 5) is 21.1. The van der Waals surface area contributed by atoms with E-state index in [9.17, 15) is 13.6 Å². The summed E-state index contributed by atoms with van der Waals surface area (Å²) in [6.45, 7) is 0.0296. The Balaban J connectivity index is 1.58. The van der Waals surface area contributed by atoms with Crippen LogP contribution in [0.25, 0.3) is 16.9 Å². The molecule has 4 rings (SSSR count). The number of amides is 1. The van der Waals surface area contributed by atoms with E-state index in [0.29, 0.717) is 35.8 Å². The molecule has 0 unspecified atom stereocenters. The lowest BCUT2D eigenvalue weighted by molar-refractivity contribution is 0.0954. The van der Waals surface area contributed by atoms with E-state index in [0.717, 1.165) is 22.5 Å². The van der Waals surface area contributed by atoms with Gasteiger partial charge in [0.15, 0.2) is 11.5 Å². The number of nitrogens with zero attached hydrogens (tertiary/aromatic N) is 3. The highest BCUT2D eigenvalue weighted by molar-refractivity contribution is 5.96. The molecule has 8 nitrogen and oxygen atoms in total. The van der Waals surface area contributed by atoms with Crippen LogP contribution in [0.5, 0.6) is 0 Å². The number of nitrogens with two attached hydrogens (primary N) is 1. The van der Waals surface area contributed by atoms with Gasteiger partial charge in [-0.3, -0.25) is 9.20 Å². The summed E-state index contributed by atoms with van der Waals surface area (Å²) in [5.41, 5.74) is 10.1. The maximum absolute atomic E-state index is 12.5. The first kappa shape index (κ1) is 22.2. The normalized spacial score (nSPS) is 11.1. The topological polar surface area (TPSA) is 109 Å². The van der Waals surface area contributed by atoms with Crippen molar-refractivity contribution in [2.45, 2.75) is 13.5 Å². The van der Waals surface area contributed by atoms with Crippen LogP contribution in [0.2, 0.25) is 0 Å². The maximum Gasteiger partial charge on any atom is 0.312 e. The van der Waals surface area contributed by atoms with Crippen molar-refractivity contribution >= 4 is 28.7 Å². The zero-order chi connectivity index (χ0) is 23.4. The van der Waals surface area contributed by atoms with Crippen LogP contribution in [-0.4, -0.2) is 39.9 Å². The molecule has 4 aromatic rings. The van der Waals surface area contributed by atoms with Gasteiger partial charge in [-0.1, -0.05) is 12.1 Å². The quantitative estimate of drug-likeness (QED) is 0.304. The van der Waals surface area contributed by atoms with Crippen LogP contribution in [0.3, 0.4) is 0 Å². The van der Waals surface area contributed by atoms with Crippen LogP contribution < -0.4 is 21.7 Å². The molecule has 0 atom stereocenters. The maximum atomic E-state index is 12.5. The minimum absolute atomic E-state index is 0.169. The summed E-state index contributed by atoms with van der Waals surface area (Å²) < 4.78 is 26.9. The predicted molar refractivity (Wildman–Crippen MR) is 124 cm³/mol. The van der Waals surface area contributed by atoms with Gasteiger partial charge in [-0.15, -0.1) is 0 Å². The average molecular weight is 451 g/mol. The number of halogens is 2. The van der Waals surface area contributed by atoms with Crippen LogP contribution in [0, 0.1) is 6.92 Å². The molecular weight excluding hydrogens is 428 g/mol. The predicted octanol–water partition coefficient (Wildman–Crippen LogP) is 3.77. The molecule has 0 saturated carbocycles. The van der Waals surface area contributed by atoms with E-state index in [1.807, 2.05) is 17.4 Å². The first-order valence-corrected chi connectivity index (χ1v) is 10.3. The monoisotopic (exact) mass is 451 g/mol. The summed E-state index contributed by atoms with van der Waals surface area (Å²) in [5.74, 6) is 0.372. The number of nitrogens with one attached hydrogen (secondary N) is 3.